The van der Waals surface area contributed by atoms with Gasteiger partial charge in [-0.1, -0.05) is 123 Å². The molecule has 0 aliphatic heterocycles. The molecule has 0 atom stereocenters. The van der Waals surface area contributed by atoms with Crippen LogP contribution >= 0.6 is 0 Å². The molecule has 0 amide bonds. The summed E-state index contributed by atoms with van der Waals surface area (Å²) in [5.74, 6) is 0. The van der Waals surface area contributed by atoms with Gasteiger partial charge in [-0.25, -0.2) is 0 Å². The minimum absolute atomic E-state index is 0.230. The molecular formula is C67H44N2. The first-order valence-electron chi connectivity index (χ1n) is 24.8. The summed E-state index contributed by atoms with van der Waals surface area (Å²) in [6.07, 6.45) is 3.89. The Labute approximate surface area is 400 Å². The average Bonchev–Trinajstić information content (AvgIpc) is 4.24. The molecule has 2 heteroatoms. The smallest absolute Gasteiger partial charge is 0.0544 e. The van der Waals surface area contributed by atoms with Crippen LogP contribution in [0.25, 0.3) is 111 Å². The predicted molar refractivity (Wildman–Crippen MR) is 286 cm³/mol. The maximum absolute atomic E-state index is 2.59. The van der Waals surface area contributed by atoms with E-state index in [1.807, 2.05) is 0 Å². The molecule has 0 radical (unpaired) electrons. The lowest BCUT2D eigenvalue weighted by molar-refractivity contribution is 0.659. The first-order valence-corrected chi connectivity index (χ1v) is 24.8. The SMILES string of the molecule is CC1(C)c2cc(-n3c4cc5c(cc4c4cc6c(cc43)Cc3ccccc3-6)-c3ccccc3C5)ccc2-c2ccc(-n3c4cc5c(cc4c4cc6c(cc43)Cc3ccccc3-6)-c3ccccc3C5)cc21. The molecule has 2 heterocycles. The third-order valence-corrected chi connectivity index (χ3v) is 17.3. The third-order valence-electron chi connectivity index (χ3n) is 17.3. The Balaban J connectivity index is 0.845. The normalized spacial score (nSPS) is 14.7. The Morgan fingerprint density at radius 1 is 0.275 bits per heavy atom. The van der Waals surface area contributed by atoms with Gasteiger partial charge in [0, 0.05) is 38.3 Å². The summed E-state index contributed by atoms with van der Waals surface area (Å²) < 4.78 is 5.18. The van der Waals surface area contributed by atoms with Crippen molar-refractivity contribution >= 4 is 43.6 Å². The Hall–Kier alpha value is -8.20. The monoisotopic (exact) mass is 876 g/mol. The molecule has 0 unspecified atom stereocenters. The molecule has 5 aliphatic carbocycles. The van der Waals surface area contributed by atoms with Crippen LogP contribution in [0.5, 0.6) is 0 Å². The van der Waals surface area contributed by atoms with E-state index < -0.39 is 0 Å². The highest BCUT2D eigenvalue weighted by Gasteiger charge is 2.37. The highest BCUT2D eigenvalue weighted by molar-refractivity contribution is 6.15. The summed E-state index contributed by atoms with van der Waals surface area (Å²) in [6.45, 7) is 4.90. The lowest BCUT2D eigenvalue weighted by Gasteiger charge is -2.23. The molecule has 12 aromatic rings. The number of rotatable bonds is 2. The molecule has 5 aliphatic rings. The Bertz CT molecular complexity index is 3890. The van der Waals surface area contributed by atoms with Crippen LogP contribution in [0, 0.1) is 0 Å². The van der Waals surface area contributed by atoms with Crippen molar-refractivity contribution in [2.45, 2.75) is 44.9 Å². The molecule has 2 aromatic heterocycles. The fraction of sp³-hybridized carbons (Fsp3) is 0.104. The van der Waals surface area contributed by atoms with E-state index in [9.17, 15) is 0 Å². The number of hydrogen-bond donors (Lipinski definition) is 0. The van der Waals surface area contributed by atoms with E-state index >= 15 is 0 Å². The van der Waals surface area contributed by atoms with Gasteiger partial charge >= 0.3 is 0 Å². The Morgan fingerprint density at radius 3 is 0.870 bits per heavy atom. The molecule has 2 nitrogen and oxygen atoms in total. The van der Waals surface area contributed by atoms with Crippen molar-refractivity contribution in [3.63, 3.8) is 0 Å². The fourth-order valence-corrected chi connectivity index (χ4v) is 14.1. The summed E-state index contributed by atoms with van der Waals surface area (Å²) in [5, 5.41) is 5.32. The van der Waals surface area contributed by atoms with Crippen molar-refractivity contribution in [2.24, 2.45) is 0 Å². The van der Waals surface area contributed by atoms with Crippen LogP contribution in [0.3, 0.4) is 0 Å². The highest BCUT2D eigenvalue weighted by atomic mass is 15.0. The van der Waals surface area contributed by atoms with Crippen molar-refractivity contribution in [3.05, 3.63) is 238 Å². The summed E-state index contributed by atoms with van der Waals surface area (Å²) >= 11 is 0. The lowest BCUT2D eigenvalue weighted by atomic mass is 9.82. The van der Waals surface area contributed by atoms with Gasteiger partial charge in [-0.2, -0.15) is 0 Å². The maximum Gasteiger partial charge on any atom is 0.0544 e. The molecular weight excluding hydrogens is 833 g/mol. The quantitative estimate of drug-likeness (QED) is 0.164. The van der Waals surface area contributed by atoms with Crippen molar-refractivity contribution in [1.82, 2.24) is 9.13 Å². The number of benzene rings is 10. The zero-order valence-electron chi connectivity index (χ0n) is 38.5. The van der Waals surface area contributed by atoms with E-state index in [1.165, 1.54) is 166 Å². The van der Waals surface area contributed by atoms with Crippen LogP contribution < -0.4 is 0 Å². The second-order valence-corrected chi connectivity index (χ2v) is 21.2. The molecule has 17 rings (SSSR count). The number of fused-ring (bicyclic) bond motifs is 21. The van der Waals surface area contributed by atoms with E-state index in [0.29, 0.717) is 0 Å². The number of hydrogen-bond acceptors (Lipinski definition) is 0. The van der Waals surface area contributed by atoms with Gasteiger partial charge in [0.15, 0.2) is 0 Å². The van der Waals surface area contributed by atoms with Crippen molar-refractivity contribution in [1.29, 1.82) is 0 Å². The van der Waals surface area contributed by atoms with Gasteiger partial charge in [-0.3, -0.25) is 0 Å². The van der Waals surface area contributed by atoms with Crippen molar-refractivity contribution in [3.8, 4) is 67.0 Å². The lowest BCUT2D eigenvalue weighted by Crippen LogP contribution is -2.16. The van der Waals surface area contributed by atoms with E-state index in [4.69, 9.17) is 0 Å². The largest absolute Gasteiger partial charge is 0.309 e. The number of nitrogens with zero attached hydrogens (tertiary/aromatic N) is 2. The zero-order chi connectivity index (χ0) is 45.0. The van der Waals surface area contributed by atoms with E-state index in [0.717, 1.165) is 25.7 Å². The predicted octanol–water partition coefficient (Wildman–Crippen LogP) is 16.5. The first kappa shape index (κ1) is 36.9. The molecule has 0 spiro atoms. The average molecular weight is 877 g/mol. The summed E-state index contributed by atoms with van der Waals surface area (Å²) in [4.78, 5) is 0. The molecule has 10 aromatic carbocycles. The van der Waals surface area contributed by atoms with E-state index in [1.54, 1.807) is 0 Å². The van der Waals surface area contributed by atoms with Gasteiger partial charge in [0.25, 0.3) is 0 Å². The van der Waals surface area contributed by atoms with Crippen molar-refractivity contribution in [2.75, 3.05) is 0 Å². The second kappa shape index (κ2) is 12.7. The molecule has 0 N–H and O–H groups in total. The summed E-state index contributed by atoms with van der Waals surface area (Å²) in [7, 11) is 0. The van der Waals surface area contributed by atoms with E-state index in [2.05, 4.69) is 205 Å². The molecule has 0 fully saturated rings. The van der Waals surface area contributed by atoms with Crippen LogP contribution in [0.15, 0.2) is 182 Å². The first-order chi connectivity index (χ1) is 33.9. The van der Waals surface area contributed by atoms with Gasteiger partial charge in [0.05, 0.1) is 22.1 Å². The third kappa shape index (κ3) is 4.72. The molecule has 0 saturated carbocycles. The molecule has 69 heavy (non-hydrogen) atoms. The standard InChI is InChI=1S/C67H44N2/c1-67(2)61-31-45(68-63-27-41-23-37-11-3-7-15-47(37)53(41)33-57(63)58-34-54-42(28-64(58)68)24-38-12-4-8-16-48(38)54)19-21-51(61)52-22-20-46(32-62(52)67)69-65-29-43-25-39-13-5-9-17-49(39)55(43)35-59(65)60-36-56-44(30-66(60)69)26-40-14-6-10-18-50(40)56/h3-22,27-36H,23-26H2,1-2H3. The fourth-order valence-electron chi connectivity index (χ4n) is 14.1. The summed E-state index contributed by atoms with van der Waals surface area (Å²) in [5.41, 5.74) is 35.2. The Morgan fingerprint density at radius 2 is 0.565 bits per heavy atom. The minimum Gasteiger partial charge on any atom is -0.309 e. The maximum atomic E-state index is 2.59. The topological polar surface area (TPSA) is 9.86 Å². The molecule has 322 valence electrons. The molecule has 0 saturated heterocycles. The summed E-state index contributed by atoms with van der Waals surface area (Å²) in [6, 6.07) is 70.7. The molecule has 0 bridgehead atoms. The van der Waals surface area contributed by atoms with Crippen LogP contribution in [-0.4, -0.2) is 9.13 Å². The van der Waals surface area contributed by atoms with Gasteiger partial charge in [-0.15, -0.1) is 0 Å². The van der Waals surface area contributed by atoms with E-state index in [-0.39, 0.29) is 5.41 Å². The van der Waals surface area contributed by atoms with Gasteiger partial charge in [0.1, 0.15) is 0 Å². The van der Waals surface area contributed by atoms with Crippen LogP contribution in [-0.2, 0) is 31.1 Å². The van der Waals surface area contributed by atoms with Gasteiger partial charge in [-0.05, 0) is 210 Å². The zero-order valence-corrected chi connectivity index (χ0v) is 38.5. The van der Waals surface area contributed by atoms with Crippen LogP contribution in [0.4, 0.5) is 0 Å². The second-order valence-electron chi connectivity index (χ2n) is 21.2. The minimum atomic E-state index is -0.230. The Kier molecular flexibility index (Phi) is 6.76. The van der Waals surface area contributed by atoms with Gasteiger partial charge < -0.3 is 9.13 Å². The van der Waals surface area contributed by atoms with Gasteiger partial charge in [0.2, 0.25) is 0 Å². The highest BCUT2D eigenvalue weighted by Crippen LogP contribution is 2.53. The van der Waals surface area contributed by atoms with Crippen molar-refractivity contribution < 1.29 is 0 Å². The van der Waals surface area contributed by atoms with Crippen LogP contribution in [0.2, 0.25) is 0 Å². The van der Waals surface area contributed by atoms with Crippen LogP contribution in [0.1, 0.15) is 69.5 Å². The number of aromatic nitrogens is 2.